The average molecular weight is 526 g/mol. The largest absolute Gasteiger partial charge is 0.462 e. The van der Waals surface area contributed by atoms with Crippen LogP contribution in [0, 0.1) is 11.8 Å². The predicted molar refractivity (Wildman–Crippen MR) is 150 cm³/mol. The number of amides is 1. The Morgan fingerprint density at radius 2 is 2.00 bits per heavy atom. The van der Waals surface area contributed by atoms with Crippen LogP contribution in [0.5, 0.6) is 0 Å². The number of aliphatic imine (C=N–C) groups is 1. The summed E-state index contributed by atoms with van der Waals surface area (Å²) in [6.07, 6.45) is 9.20. The van der Waals surface area contributed by atoms with E-state index in [0.29, 0.717) is 18.0 Å². The van der Waals surface area contributed by atoms with E-state index in [2.05, 4.69) is 28.0 Å². The van der Waals surface area contributed by atoms with Gasteiger partial charge in [0.2, 0.25) is 5.91 Å². The normalized spacial score (nSPS) is 18.5. The molecule has 2 atom stereocenters. The molecular formula is C28H43N7O3. The van der Waals surface area contributed by atoms with Gasteiger partial charge < -0.3 is 15.5 Å². The average Bonchev–Trinajstić information content (AvgIpc) is 2.92. The van der Waals surface area contributed by atoms with E-state index >= 15 is 0 Å². The monoisotopic (exact) mass is 525 g/mol. The van der Waals surface area contributed by atoms with E-state index in [1.165, 1.54) is 16.9 Å². The number of hydrogen-bond acceptors (Lipinski definition) is 8. The quantitative estimate of drug-likeness (QED) is 0.141. The van der Waals surface area contributed by atoms with Crippen LogP contribution < -0.4 is 11.7 Å². The van der Waals surface area contributed by atoms with Crippen LogP contribution in [0.2, 0.25) is 0 Å². The summed E-state index contributed by atoms with van der Waals surface area (Å²) in [5.74, 6) is 11.5. The molecule has 2 heterocycles. The number of hydrazine groups is 1. The van der Waals surface area contributed by atoms with Gasteiger partial charge in [0.05, 0.1) is 12.2 Å². The summed E-state index contributed by atoms with van der Waals surface area (Å²) in [5, 5.41) is 4.73. The molecule has 1 amide bonds. The molecule has 0 aromatic heterocycles. The zero-order chi connectivity index (χ0) is 27.5. The van der Waals surface area contributed by atoms with Crippen molar-refractivity contribution in [2.75, 3.05) is 39.3 Å². The van der Waals surface area contributed by atoms with Crippen LogP contribution in [0.4, 0.5) is 0 Å². The molecule has 2 aliphatic heterocycles. The van der Waals surface area contributed by atoms with Crippen molar-refractivity contribution in [3.63, 3.8) is 0 Å². The van der Waals surface area contributed by atoms with E-state index in [1.54, 1.807) is 0 Å². The second-order valence-electron chi connectivity index (χ2n) is 9.97. The minimum absolute atomic E-state index is 0.0368. The molecule has 3 rings (SSSR count). The number of cyclic esters (lactones) is 1. The number of esters is 1. The van der Waals surface area contributed by atoms with Gasteiger partial charge in [-0.25, -0.2) is 20.6 Å². The lowest BCUT2D eigenvalue weighted by Crippen LogP contribution is -2.51. The predicted octanol–water partition coefficient (Wildman–Crippen LogP) is 2.54. The van der Waals surface area contributed by atoms with Crippen molar-refractivity contribution in [2.45, 2.75) is 52.9 Å². The summed E-state index contributed by atoms with van der Waals surface area (Å²) in [4.78, 5) is 34.3. The van der Waals surface area contributed by atoms with Gasteiger partial charge in [0.1, 0.15) is 12.2 Å². The second kappa shape index (κ2) is 14.6. The Balaban J connectivity index is 1.53. The van der Waals surface area contributed by atoms with Crippen LogP contribution in [-0.4, -0.2) is 78.6 Å². The first kappa shape index (κ1) is 29.3. The van der Waals surface area contributed by atoms with E-state index in [0.717, 1.165) is 70.4 Å². The van der Waals surface area contributed by atoms with E-state index in [4.69, 9.17) is 16.4 Å². The molecule has 1 fully saturated rings. The number of rotatable bonds is 12. The van der Waals surface area contributed by atoms with Crippen LogP contribution >= 0.6 is 0 Å². The SMILES string of the molecule is CC/C=C(\N=C/C(C)C(CCC)C(=O)N1CCN(CCc2ccc3c(c2)CCOC3=O)CC1)N(N)/C=N\N. The fourth-order valence-electron chi connectivity index (χ4n) is 5.01. The van der Waals surface area contributed by atoms with Crippen LogP contribution in [0.15, 0.2) is 40.2 Å². The van der Waals surface area contributed by atoms with Gasteiger partial charge in [-0.1, -0.05) is 39.3 Å². The van der Waals surface area contributed by atoms with E-state index in [1.807, 2.05) is 43.2 Å². The summed E-state index contributed by atoms with van der Waals surface area (Å²) >= 11 is 0. The highest BCUT2D eigenvalue weighted by Crippen LogP contribution is 2.22. The smallest absolute Gasteiger partial charge is 0.338 e. The molecule has 0 bridgehead atoms. The van der Waals surface area contributed by atoms with E-state index in [-0.39, 0.29) is 23.7 Å². The number of ether oxygens (including phenoxy) is 1. The highest BCUT2D eigenvalue weighted by Gasteiger charge is 2.30. The standard InChI is InChI=1S/C28H43N7O3/c1-4-6-24(21(3)19-31-26(7-5-2)35(30)20-32-29)27(36)34-15-13-33(14-16-34)12-10-22-8-9-25-23(18-22)11-17-38-28(25)37/h7-9,18-21,24H,4-6,10-17,29-30H2,1-3H3/b26-7+,31-19-,32-20-. The van der Waals surface area contributed by atoms with Gasteiger partial charge in [-0.15, -0.1) is 0 Å². The Hall–Kier alpha value is -3.24. The summed E-state index contributed by atoms with van der Waals surface area (Å²) in [7, 11) is 0. The van der Waals surface area contributed by atoms with Gasteiger partial charge in [0.25, 0.3) is 0 Å². The number of allylic oxidation sites excluding steroid dienone is 1. The molecule has 208 valence electrons. The lowest BCUT2D eigenvalue weighted by atomic mass is 9.89. The first-order valence-electron chi connectivity index (χ1n) is 13.7. The molecule has 1 saturated heterocycles. The van der Waals surface area contributed by atoms with Crippen LogP contribution in [0.3, 0.4) is 0 Å². The maximum Gasteiger partial charge on any atom is 0.338 e. The summed E-state index contributed by atoms with van der Waals surface area (Å²) in [6.45, 7) is 10.7. The third-order valence-electron chi connectivity index (χ3n) is 7.23. The lowest BCUT2D eigenvalue weighted by molar-refractivity contribution is -0.138. The lowest BCUT2D eigenvalue weighted by Gasteiger charge is -2.37. The fourth-order valence-corrected chi connectivity index (χ4v) is 5.01. The maximum absolute atomic E-state index is 13.5. The molecule has 2 unspecified atom stereocenters. The number of fused-ring (bicyclic) bond motifs is 1. The first-order chi connectivity index (χ1) is 18.4. The number of nitrogens with two attached hydrogens (primary N) is 2. The molecule has 10 heteroatoms. The molecule has 0 saturated carbocycles. The highest BCUT2D eigenvalue weighted by molar-refractivity contribution is 5.92. The van der Waals surface area contributed by atoms with Crippen molar-refractivity contribution in [2.24, 2.45) is 33.6 Å². The third-order valence-corrected chi connectivity index (χ3v) is 7.23. The topological polar surface area (TPSA) is 130 Å². The van der Waals surface area contributed by atoms with Gasteiger partial charge in [-0.2, -0.15) is 5.10 Å². The van der Waals surface area contributed by atoms with E-state index in [9.17, 15) is 9.59 Å². The van der Waals surface area contributed by atoms with Gasteiger partial charge >= 0.3 is 5.97 Å². The Morgan fingerprint density at radius 1 is 1.24 bits per heavy atom. The zero-order valence-electron chi connectivity index (χ0n) is 23.0. The van der Waals surface area contributed by atoms with Crippen LogP contribution in [0.1, 0.15) is 61.5 Å². The van der Waals surface area contributed by atoms with Crippen molar-refractivity contribution in [1.29, 1.82) is 0 Å². The Bertz CT molecular complexity index is 1030. The van der Waals surface area contributed by atoms with Crippen molar-refractivity contribution in [3.8, 4) is 0 Å². The van der Waals surface area contributed by atoms with Gasteiger partial charge in [-0.3, -0.25) is 9.69 Å². The zero-order valence-corrected chi connectivity index (χ0v) is 23.0. The molecule has 0 radical (unpaired) electrons. The van der Waals surface area contributed by atoms with Crippen LogP contribution in [0.25, 0.3) is 0 Å². The van der Waals surface area contributed by atoms with Gasteiger partial charge in [0, 0.05) is 57.2 Å². The van der Waals surface area contributed by atoms with Crippen molar-refractivity contribution in [3.05, 3.63) is 46.8 Å². The molecule has 38 heavy (non-hydrogen) atoms. The number of piperazine rings is 1. The van der Waals surface area contributed by atoms with E-state index < -0.39 is 0 Å². The number of carbonyl (C=O) groups excluding carboxylic acids is 2. The molecule has 2 aliphatic rings. The molecule has 10 nitrogen and oxygen atoms in total. The Morgan fingerprint density at radius 3 is 2.68 bits per heavy atom. The first-order valence-corrected chi connectivity index (χ1v) is 13.7. The number of nitrogens with zero attached hydrogens (tertiary/aromatic N) is 5. The van der Waals surface area contributed by atoms with Crippen molar-refractivity contribution >= 4 is 24.4 Å². The summed E-state index contributed by atoms with van der Waals surface area (Å²) in [6, 6.07) is 6.05. The van der Waals surface area contributed by atoms with Crippen molar-refractivity contribution < 1.29 is 14.3 Å². The fraction of sp³-hybridized carbons (Fsp3) is 0.571. The maximum atomic E-state index is 13.5. The van der Waals surface area contributed by atoms with Crippen molar-refractivity contribution in [1.82, 2.24) is 14.8 Å². The van der Waals surface area contributed by atoms with Gasteiger partial charge in [0.15, 0.2) is 0 Å². The number of hydrogen-bond donors (Lipinski definition) is 2. The number of benzene rings is 1. The molecular weight excluding hydrogens is 482 g/mol. The molecule has 1 aromatic carbocycles. The summed E-state index contributed by atoms with van der Waals surface area (Å²) in [5.41, 5.74) is 3.01. The summed E-state index contributed by atoms with van der Waals surface area (Å²) < 4.78 is 5.12. The number of hydrazone groups is 1. The second-order valence-corrected chi connectivity index (χ2v) is 9.97. The molecule has 0 spiro atoms. The molecule has 1 aromatic rings. The van der Waals surface area contributed by atoms with Gasteiger partial charge in [-0.05, 0) is 42.5 Å². The highest BCUT2D eigenvalue weighted by atomic mass is 16.5. The Labute approximate surface area is 226 Å². The molecule has 4 N–H and O–H groups in total. The Kier molecular flexibility index (Phi) is 11.3. The van der Waals surface area contributed by atoms with Crippen LogP contribution in [-0.2, 0) is 22.4 Å². The molecule has 0 aliphatic carbocycles. The number of carbonyl (C=O) groups is 2. The minimum Gasteiger partial charge on any atom is -0.462 e. The minimum atomic E-state index is -0.221. The third kappa shape index (κ3) is 7.88.